The number of carbonyl (C=O) groups excluding carboxylic acids is 2. The van der Waals surface area contributed by atoms with Crippen molar-refractivity contribution in [3.63, 3.8) is 0 Å². The highest BCUT2D eigenvalue weighted by Crippen LogP contribution is 2.17. The quantitative estimate of drug-likeness (QED) is 0.670. The van der Waals surface area contributed by atoms with Crippen LogP contribution in [0.4, 0.5) is 4.39 Å². The highest BCUT2D eigenvalue weighted by Gasteiger charge is 2.22. The van der Waals surface area contributed by atoms with E-state index in [2.05, 4.69) is 5.32 Å². The Morgan fingerprint density at radius 1 is 1.04 bits per heavy atom. The number of amides is 2. The van der Waals surface area contributed by atoms with Gasteiger partial charge in [-0.1, -0.05) is 30.3 Å². The second kappa shape index (κ2) is 8.18. The molecule has 27 heavy (non-hydrogen) atoms. The zero-order valence-electron chi connectivity index (χ0n) is 14.2. The van der Waals surface area contributed by atoms with Crippen LogP contribution in [0.3, 0.4) is 0 Å². The summed E-state index contributed by atoms with van der Waals surface area (Å²) < 4.78 is 23.8. The summed E-state index contributed by atoms with van der Waals surface area (Å²) in [5.41, 5.74) is 5.97. The molecule has 1 atom stereocenters. The lowest BCUT2D eigenvalue weighted by Crippen LogP contribution is -2.37. The Labute approximate surface area is 154 Å². The van der Waals surface area contributed by atoms with Gasteiger partial charge in [-0.25, -0.2) is 4.39 Å². The summed E-state index contributed by atoms with van der Waals surface area (Å²) >= 11 is 0. The molecule has 2 amide bonds. The topological polar surface area (TPSA) is 94.6 Å². The summed E-state index contributed by atoms with van der Waals surface area (Å²) in [6, 6.07) is 16.3. The zero-order valence-corrected chi connectivity index (χ0v) is 14.2. The van der Waals surface area contributed by atoms with Crippen molar-refractivity contribution in [2.24, 2.45) is 5.73 Å². The number of halogens is 1. The first-order valence-electron chi connectivity index (χ1n) is 8.15. The van der Waals surface area contributed by atoms with Gasteiger partial charge in [-0.2, -0.15) is 0 Å². The number of benzene rings is 2. The first-order chi connectivity index (χ1) is 13.0. The molecule has 0 aliphatic rings. The van der Waals surface area contributed by atoms with E-state index in [1.54, 1.807) is 36.4 Å². The van der Waals surface area contributed by atoms with E-state index in [-0.39, 0.29) is 18.2 Å². The maximum absolute atomic E-state index is 12.9. The maximum Gasteiger partial charge on any atom is 0.287 e. The van der Waals surface area contributed by atoms with E-state index in [1.807, 2.05) is 0 Å². The average Bonchev–Trinajstić information content (AvgIpc) is 3.15. The molecule has 0 fully saturated rings. The summed E-state index contributed by atoms with van der Waals surface area (Å²) in [4.78, 5) is 24.0. The molecule has 3 rings (SSSR count). The highest BCUT2D eigenvalue weighted by molar-refractivity contribution is 5.95. The second-order valence-electron chi connectivity index (χ2n) is 5.73. The van der Waals surface area contributed by atoms with Gasteiger partial charge < -0.3 is 20.2 Å². The van der Waals surface area contributed by atoms with Crippen molar-refractivity contribution in [2.75, 3.05) is 0 Å². The van der Waals surface area contributed by atoms with Crippen molar-refractivity contribution < 1.29 is 23.1 Å². The molecule has 0 radical (unpaired) electrons. The molecule has 1 heterocycles. The van der Waals surface area contributed by atoms with Gasteiger partial charge in [0.2, 0.25) is 5.91 Å². The van der Waals surface area contributed by atoms with Crippen molar-refractivity contribution >= 4 is 11.8 Å². The van der Waals surface area contributed by atoms with Crippen molar-refractivity contribution in [2.45, 2.75) is 12.6 Å². The number of nitrogens with two attached hydrogens (primary N) is 1. The Morgan fingerprint density at radius 2 is 1.74 bits per heavy atom. The SMILES string of the molecule is NC(=O)[C@H](NC(=O)c1ccc(COc2ccc(F)cc2)o1)c1ccccc1. The standard InChI is InChI=1S/C20H17FN2O4/c21-14-6-8-15(9-7-14)26-12-16-10-11-17(27-16)20(25)23-18(19(22)24)13-4-2-1-3-5-13/h1-11,18H,12H2,(H2,22,24)(H,23,25)/t18-/m1/s1. The molecule has 138 valence electrons. The largest absolute Gasteiger partial charge is 0.486 e. The van der Waals surface area contributed by atoms with Crippen LogP contribution in [-0.2, 0) is 11.4 Å². The fourth-order valence-corrected chi connectivity index (χ4v) is 2.43. The number of nitrogens with one attached hydrogen (secondary N) is 1. The van der Waals surface area contributed by atoms with Gasteiger partial charge in [-0.05, 0) is 42.0 Å². The van der Waals surface area contributed by atoms with E-state index in [9.17, 15) is 14.0 Å². The van der Waals surface area contributed by atoms with Gasteiger partial charge in [0.25, 0.3) is 5.91 Å². The van der Waals surface area contributed by atoms with E-state index in [1.165, 1.54) is 30.3 Å². The first-order valence-corrected chi connectivity index (χ1v) is 8.15. The molecular formula is C20H17FN2O4. The molecule has 3 aromatic rings. The maximum atomic E-state index is 12.9. The number of rotatable bonds is 7. The third-order valence-electron chi connectivity index (χ3n) is 3.77. The van der Waals surface area contributed by atoms with E-state index in [0.717, 1.165) is 0 Å². The Kier molecular flexibility index (Phi) is 5.51. The number of hydrogen-bond donors (Lipinski definition) is 2. The molecule has 0 aliphatic heterocycles. The fourth-order valence-electron chi connectivity index (χ4n) is 2.43. The third kappa shape index (κ3) is 4.72. The van der Waals surface area contributed by atoms with Gasteiger partial charge in [-0.3, -0.25) is 9.59 Å². The molecule has 0 aliphatic carbocycles. The minimum Gasteiger partial charge on any atom is -0.486 e. The van der Waals surface area contributed by atoms with Gasteiger partial charge in [0.1, 0.15) is 30.0 Å². The molecule has 6 nitrogen and oxygen atoms in total. The van der Waals surface area contributed by atoms with E-state index < -0.39 is 17.9 Å². The third-order valence-corrected chi connectivity index (χ3v) is 3.77. The minimum atomic E-state index is -0.970. The molecule has 0 spiro atoms. The summed E-state index contributed by atoms with van der Waals surface area (Å²) in [5, 5.41) is 2.55. The molecule has 3 N–H and O–H groups in total. The molecule has 0 saturated carbocycles. The molecule has 0 saturated heterocycles. The molecule has 1 aromatic heterocycles. The zero-order chi connectivity index (χ0) is 19.2. The number of carbonyl (C=O) groups is 2. The summed E-state index contributed by atoms with van der Waals surface area (Å²) in [5.74, 6) is -0.718. The lowest BCUT2D eigenvalue weighted by molar-refractivity contribution is -0.120. The van der Waals surface area contributed by atoms with Gasteiger partial charge in [0, 0.05) is 0 Å². The second-order valence-corrected chi connectivity index (χ2v) is 5.73. The van der Waals surface area contributed by atoms with Crippen molar-refractivity contribution in [3.8, 4) is 5.75 Å². The summed E-state index contributed by atoms with van der Waals surface area (Å²) in [7, 11) is 0. The van der Waals surface area contributed by atoms with E-state index in [0.29, 0.717) is 17.1 Å². The van der Waals surface area contributed by atoms with Gasteiger partial charge in [0.15, 0.2) is 5.76 Å². The number of furan rings is 1. The average molecular weight is 368 g/mol. The van der Waals surface area contributed by atoms with Gasteiger partial charge in [-0.15, -0.1) is 0 Å². The summed E-state index contributed by atoms with van der Waals surface area (Å²) in [6.45, 7) is 0.0663. The predicted octanol–water partition coefficient (Wildman–Crippen LogP) is 2.95. The van der Waals surface area contributed by atoms with Gasteiger partial charge >= 0.3 is 0 Å². The predicted molar refractivity (Wildman–Crippen MR) is 95.3 cm³/mol. The molecule has 0 bridgehead atoms. The molecule has 2 aromatic carbocycles. The number of ether oxygens (including phenoxy) is 1. The van der Waals surface area contributed by atoms with Crippen LogP contribution in [-0.4, -0.2) is 11.8 Å². The Bertz CT molecular complexity index is 923. The van der Waals surface area contributed by atoms with Crippen LogP contribution in [0.5, 0.6) is 5.75 Å². The Balaban J connectivity index is 1.63. The van der Waals surface area contributed by atoms with Crippen LogP contribution in [0.25, 0.3) is 0 Å². The lowest BCUT2D eigenvalue weighted by atomic mass is 10.1. The lowest BCUT2D eigenvalue weighted by Gasteiger charge is -2.14. The van der Waals surface area contributed by atoms with Crippen LogP contribution >= 0.6 is 0 Å². The fraction of sp³-hybridized carbons (Fsp3) is 0.100. The highest BCUT2D eigenvalue weighted by atomic mass is 19.1. The van der Waals surface area contributed by atoms with Crippen LogP contribution in [0, 0.1) is 5.82 Å². The van der Waals surface area contributed by atoms with Crippen molar-refractivity contribution in [3.05, 3.63) is 89.6 Å². The smallest absolute Gasteiger partial charge is 0.287 e. The normalized spacial score (nSPS) is 11.6. The van der Waals surface area contributed by atoms with E-state index >= 15 is 0 Å². The van der Waals surface area contributed by atoms with Crippen molar-refractivity contribution in [1.82, 2.24) is 5.32 Å². The molecule has 7 heteroatoms. The molecule has 0 unspecified atom stereocenters. The van der Waals surface area contributed by atoms with Gasteiger partial charge in [0.05, 0.1) is 0 Å². The summed E-state index contributed by atoms with van der Waals surface area (Å²) in [6.07, 6.45) is 0. The Morgan fingerprint density at radius 3 is 2.41 bits per heavy atom. The van der Waals surface area contributed by atoms with E-state index in [4.69, 9.17) is 14.9 Å². The van der Waals surface area contributed by atoms with Crippen LogP contribution < -0.4 is 15.8 Å². The Hall–Kier alpha value is -3.61. The molecular weight excluding hydrogens is 351 g/mol. The van der Waals surface area contributed by atoms with Crippen LogP contribution in [0.1, 0.15) is 27.9 Å². The van der Waals surface area contributed by atoms with Crippen LogP contribution in [0.15, 0.2) is 71.1 Å². The monoisotopic (exact) mass is 368 g/mol. The first kappa shape index (κ1) is 18.2. The van der Waals surface area contributed by atoms with Crippen LogP contribution in [0.2, 0.25) is 0 Å². The number of hydrogen-bond acceptors (Lipinski definition) is 4. The number of primary amides is 1. The van der Waals surface area contributed by atoms with Crippen molar-refractivity contribution in [1.29, 1.82) is 0 Å². The minimum absolute atomic E-state index is 0.0230.